The third-order valence-electron chi connectivity index (χ3n) is 2.88. The molecule has 1 heterocycles. The van der Waals surface area contributed by atoms with Crippen LogP contribution in [-0.2, 0) is 6.42 Å². The van der Waals surface area contributed by atoms with Crippen molar-refractivity contribution in [2.75, 3.05) is 0 Å². The molecule has 0 aliphatic rings. The van der Waals surface area contributed by atoms with Gasteiger partial charge in [-0.1, -0.05) is 53.8 Å². The highest BCUT2D eigenvalue weighted by Gasteiger charge is 2.07. The van der Waals surface area contributed by atoms with E-state index in [1.54, 1.807) is 0 Å². The normalized spacial score (nSPS) is 10.9. The van der Waals surface area contributed by atoms with Gasteiger partial charge in [-0.25, -0.2) is 0 Å². The van der Waals surface area contributed by atoms with E-state index >= 15 is 0 Å². The third kappa shape index (κ3) is 2.02. The molecule has 3 aromatic rings. The van der Waals surface area contributed by atoms with Crippen molar-refractivity contribution in [2.45, 2.75) is 6.42 Å². The Balaban J connectivity index is 2.00. The average Bonchev–Trinajstić information content (AvgIpc) is 2.68. The Morgan fingerprint density at radius 3 is 2.61 bits per heavy atom. The molecule has 0 fully saturated rings. The molecule has 0 saturated heterocycles. The van der Waals surface area contributed by atoms with Crippen LogP contribution in [0, 0.1) is 0 Å². The highest BCUT2D eigenvalue weighted by molar-refractivity contribution is 7.09. The standard InChI is InChI=1S/C14H11NO2S/c16-13-12(18-14(17)15-13)8-9-5-6-10-3-1-2-4-11(10)7-9/h1-7,16H,8H2,(H,15,17). The summed E-state index contributed by atoms with van der Waals surface area (Å²) in [5.74, 6) is -0.0156. The molecule has 2 aromatic carbocycles. The second-order valence-corrected chi connectivity index (χ2v) is 5.21. The van der Waals surface area contributed by atoms with Gasteiger partial charge in [0.15, 0.2) is 0 Å². The topological polar surface area (TPSA) is 53.1 Å². The lowest BCUT2D eigenvalue weighted by atomic mass is 10.0. The van der Waals surface area contributed by atoms with E-state index < -0.39 is 0 Å². The summed E-state index contributed by atoms with van der Waals surface area (Å²) in [7, 11) is 0. The number of H-pyrrole nitrogens is 1. The van der Waals surface area contributed by atoms with E-state index in [1.165, 1.54) is 5.39 Å². The fraction of sp³-hybridized carbons (Fsp3) is 0.0714. The van der Waals surface area contributed by atoms with Gasteiger partial charge in [-0.05, 0) is 16.3 Å². The predicted octanol–water partition coefficient (Wildman–Crippen LogP) is 2.89. The van der Waals surface area contributed by atoms with Crippen LogP contribution in [0.2, 0.25) is 0 Å². The zero-order valence-electron chi connectivity index (χ0n) is 9.51. The first-order valence-electron chi connectivity index (χ1n) is 5.61. The number of thiazole rings is 1. The molecule has 3 rings (SSSR count). The van der Waals surface area contributed by atoms with Crippen LogP contribution in [0.25, 0.3) is 10.8 Å². The lowest BCUT2D eigenvalue weighted by Gasteiger charge is -2.02. The van der Waals surface area contributed by atoms with Gasteiger partial charge in [0.2, 0.25) is 5.88 Å². The van der Waals surface area contributed by atoms with Gasteiger partial charge in [-0.2, -0.15) is 0 Å². The molecule has 2 N–H and O–H groups in total. The minimum atomic E-state index is -0.219. The molecule has 0 atom stereocenters. The van der Waals surface area contributed by atoms with Gasteiger partial charge >= 0.3 is 4.87 Å². The Hall–Kier alpha value is -2.07. The average molecular weight is 257 g/mol. The largest absolute Gasteiger partial charge is 0.494 e. The summed E-state index contributed by atoms with van der Waals surface area (Å²) in [5, 5.41) is 11.9. The summed E-state index contributed by atoms with van der Waals surface area (Å²) in [5.41, 5.74) is 1.08. The molecule has 0 amide bonds. The lowest BCUT2D eigenvalue weighted by Crippen LogP contribution is -1.89. The third-order valence-corrected chi connectivity index (χ3v) is 3.75. The zero-order valence-corrected chi connectivity index (χ0v) is 10.3. The number of nitrogens with one attached hydrogen (secondary N) is 1. The van der Waals surface area contributed by atoms with Crippen molar-refractivity contribution in [1.82, 2.24) is 4.98 Å². The lowest BCUT2D eigenvalue weighted by molar-refractivity contribution is 0.451. The molecule has 0 spiro atoms. The highest BCUT2D eigenvalue weighted by atomic mass is 32.1. The van der Waals surface area contributed by atoms with Gasteiger partial charge in [0, 0.05) is 6.42 Å². The fourth-order valence-corrected chi connectivity index (χ4v) is 2.76. The molecule has 0 aliphatic carbocycles. The maximum Gasteiger partial charge on any atom is 0.307 e. The summed E-state index contributed by atoms with van der Waals surface area (Å²) in [6, 6.07) is 14.3. The van der Waals surface area contributed by atoms with Crippen LogP contribution in [-0.4, -0.2) is 10.1 Å². The number of aromatic nitrogens is 1. The Kier molecular flexibility index (Phi) is 2.64. The molecule has 18 heavy (non-hydrogen) atoms. The maximum atomic E-state index is 11.1. The SMILES string of the molecule is O=c1[nH]c(O)c(Cc2ccc3ccccc3c2)s1. The molecule has 0 aliphatic heterocycles. The van der Waals surface area contributed by atoms with E-state index in [0.29, 0.717) is 11.3 Å². The summed E-state index contributed by atoms with van der Waals surface area (Å²) >= 11 is 1.05. The predicted molar refractivity (Wildman–Crippen MR) is 73.4 cm³/mol. The molecule has 0 saturated carbocycles. The van der Waals surface area contributed by atoms with Gasteiger partial charge in [0.25, 0.3) is 0 Å². The van der Waals surface area contributed by atoms with Gasteiger partial charge in [0.05, 0.1) is 4.88 Å². The van der Waals surface area contributed by atoms with Crippen LogP contribution in [0.5, 0.6) is 5.88 Å². The van der Waals surface area contributed by atoms with Gasteiger partial charge in [0.1, 0.15) is 0 Å². The number of hydrogen-bond acceptors (Lipinski definition) is 3. The van der Waals surface area contributed by atoms with Crippen molar-refractivity contribution >= 4 is 22.1 Å². The smallest absolute Gasteiger partial charge is 0.307 e. The molecular weight excluding hydrogens is 246 g/mol. The van der Waals surface area contributed by atoms with E-state index in [4.69, 9.17) is 0 Å². The molecule has 3 nitrogen and oxygen atoms in total. The number of rotatable bonds is 2. The number of fused-ring (bicyclic) bond motifs is 1. The van der Waals surface area contributed by atoms with Gasteiger partial charge < -0.3 is 5.11 Å². The molecule has 0 radical (unpaired) electrons. The first-order valence-corrected chi connectivity index (χ1v) is 6.42. The van der Waals surface area contributed by atoms with Crippen LogP contribution in [0.1, 0.15) is 10.4 Å². The van der Waals surface area contributed by atoms with Crippen molar-refractivity contribution in [2.24, 2.45) is 0 Å². The van der Waals surface area contributed by atoms with Crippen molar-refractivity contribution in [3.05, 3.63) is 62.6 Å². The van der Waals surface area contributed by atoms with E-state index in [9.17, 15) is 9.90 Å². The molecule has 0 unspecified atom stereocenters. The first kappa shape index (κ1) is 11.0. The van der Waals surface area contributed by atoms with Crippen LogP contribution >= 0.6 is 11.3 Å². The highest BCUT2D eigenvalue weighted by Crippen LogP contribution is 2.22. The van der Waals surface area contributed by atoms with Crippen LogP contribution < -0.4 is 4.87 Å². The minimum absolute atomic E-state index is 0.0156. The number of benzene rings is 2. The summed E-state index contributed by atoms with van der Waals surface area (Å²) < 4.78 is 0. The Morgan fingerprint density at radius 2 is 1.89 bits per heavy atom. The summed E-state index contributed by atoms with van der Waals surface area (Å²) in [6.07, 6.45) is 0.570. The van der Waals surface area contributed by atoms with Crippen LogP contribution in [0.4, 0.5) is 0 Å². The molecule has 1 aromatic heterocycles. The number of hydrogen-bond donors (Lipinski definition) is 2. The van der Waals surface area contributed by atoms with E-state index in [2.05, 4.69) is 29.2 Å². The molecule has 90 valence electrons. The first-order chi connectivity index (χ1) is 8.72. The Morgan fingerprint density at radius 1 is 1.11 bits per heavy atom. The molecular formula is C14H11NO2S. The second-order valence-electron chi connectivity index (χ2n) is 4.14. The van der Waals surface area contributed by atoms with Crippen LogP contribution in [0.3, 0.4) is 0 Å². The van der Waals surface area contributed by atoms with Gasteiger partial charge in [-0.3, -0.25) is 9.78 Å². The number of aromatic hydroxyl groups is 1. The Labute approximate surface area is 107 Å². The molecule has 0 bridgehead atoms. The second kappa shape index (κ2) is 4.31. The van der Waals surface area contributed by atoms with E-state index in [0.717, 1.165) is 22.3 Å². The van der Waals surface area contributed by atoms with E-state index in [1.807, 2.05) is 18.2 Å². The van der Waals surface area contributed by atoms with Crippen molar-refractivity contribution in [3.8, 4) is 5.88 Å². The molecule has 4 heteroatoms. The fourth-order valence-electron chi connectivity index (χ4n) is 2.01. The maximum absolute atomic E-state index is 11.1. The summed E-state index contributed by atoms with van der Waals surface area (Å²) in [6.45, 7) is 0. The van der Waals surface area contributed by atoms with Crippen molar-refractivity contribution < 1.29 is 5.11 Å². The van der Waals surface area contributed by atoms with Gasteiger partial charge in [-0.15, -0.1) is 0 Å². The summed E-state index contributed by atoms with van der Waals surface area (Å²) in [4.78, 5) is 14.0. The quantitative estimate of drug-likeness (QED) is 0.741. The van der Waals surface area contributed by atoms with E-state index in [-0.39, 0.29) is 10.8 Å². The monoisotopic (exact) mass is 257 g/mol. The zero-order chi connectivity index (χ0) is 12.5. The van der Waals surface area contributed by atoms with Crippen LogP contribution in [0.15, 0.2) is 47.3 Å². The van der Waals surface area contributed by atoms with Crippen molar-refractivity contribution in [3.63, 3.8) is 0 Å². The number of aromatic amines is 1. The minimum Gasteiger partial charge on any atom is -0.494 e. The van der Waals surface area contributed by atoms with Crippen molar-refractivity contribution in [1.29, 1.82) is 0 Å². The Bertz CT molecular complexity index is 758.